The molecule has 0 unspecified atom stereocenters. The number of aliphatic hydroxyl groups is 1. The van der Waals surface area contributed by atoms with Crippen LogP contribution in [0.5, 0.6) is 0 Å². The first-order chi connectivity index (χ1) is 18.0. The van der Waals surface area contributed by atoms with Gasteiger partial charge in [-0.15, -0.1) is 0 Å². The molecule has 186 valence electrons. The molecule has 0 spiro atoms. The van der Waals surface area contributed by atoms with Crippen molar-refractivity contribution in [3.63, 3.8) is 0 Å². The fourth-order valence-electron chi connectivity index (χ4n) is 5.06. The predicted molar refractivity (Wildman–Crippen MR) is 149 cm³/mol. The summed E-state index contributed by atoms with van der Waals surface area (Å²) in [5.74, 6) is 1.44. The molecule has 0 saturated carbocycles. The van der Waals surface area contributed by atoms with Gasteiger partial charge in [-0.2, -0.15) is 0 Å². The minimum atomic E-state index is -0.741. The number of hydrogen-bond acceptors (Lipinski definition) is 5. The predicted octanol–water partition coefficient (Wildman–Crippen LogP) is 6.36. The lowest BCUT2D eigenvalue weighted by molar-refractivity contribution is 0.0164. The number of imidazole rings is 1. The van der Waals surface area contributed by atoms with Crippen LogP contribution in [0.4, 0.5) is 5.82 Å². The lowest BCUT2D eigenvalue weighted by atomic mass is 9.85. The molecule has 0 radical (unpaired) electrons. The molecule has 2 aromatic heterocycles. The summed E-state index contributed by atoms with van der Waals surface area (Å²) in [6.45, 7) is 1.34. The SMILES string of the molecule is OC1(Cc2ccccc2)CCN(c2ncnc3c2nc(-c2ccccc2Cl)n3-c2ccc(Cl)cc2)CC1. The lowest BCUT2D eigenvalue weighted by Gasteiger charge is -2.38. The second kappa shape index (κ2) is 9.78. The summed E-state index contributed by atoms with van der Waals surface area (Å²) in [7, 11) is 0. The summed E-state index contributed by atoms with van der Waals surface area (Å²) < 4.78 is 1.99. The Morgan fingerprint density at radius 1 is 0.838 bits per heavy atom. The van der Waals surface area contributed by atoms with Crippen LogP contribution in [0.25, 0.3) is 28.2 Å². The highest BCUT2D eigenvalue weighted by Gasteiger charge is 2.34. The van der Waals surface area contributed by atoms with Crippen molar-refractivity contribution in [2.75, 3.05) is 18.0 Å². The molecule has 1 N–H and O–H groups in total. The minimum Gasteiger partial charge on any atom is -0.389 e. The number of benzene rings is 3. The summed E-state index contributed by atoms with van der Waals surface area (Å²) in [5, 5.41) is 12.6. The molecule has 5 aromatic rings. The van der Waals surface area contributed by atoms with Gasteiger partial charge in [-0.1, -0.05) is 65.7 Å². The van der Waals surface area contributed by atoms with Crippen molar-refractivity contribution in [1.29, 1.82) is 0 Å². The van der Waals surface area contributed by atoms with Crippen LogP contribution in [0.15, 0.2) is 85.2 Å². The molecule has 1 saturated heterocycles. The average Bonchev–Trinajstić information content (AvgIpc) is 3.30. The van der Waals surface area contributed by atoms with Crippen LogP contribution in [0.3, 0.4) is 0 Å². The van der Waals surface area contributed by atoms with Gasteiger partial charge < -0.3 is 10.0 Å². The summed E-state index contributed by atoms with van der Waals surface area (Å²) in [6, 6.07) is 25.4. The molecule has 8 heteroatoms. The maximum Gasteiger partial charge on any atom is 0.170 e. The van der Waals surface area contributed by atoms with Crippen LogP contribution in [0.2, 0.25) is 10.0 Å². The van der Waals surface area contributed by atoms with Crippen LogP contribution in [-0.4, -0.2) is 43.3 Å². The Hall–Kier alpha value is -3.45. The van der Waals surface area contributed by atoms with Gasteiger partial charge in [-0.05, 0) is 54.8 Å². The number of nitrogens with zero attached hydrogens (tertiary/aromatic N) is 5. The first-order valence-corrected chi connectivity index (χ1v) is 13.0. The number of hydrogen-bond donors (Lipinski definition) is 1. The molecule has 3 aromatic carbocycles. The van der Waals surface area contributed by atoms with E-state index in [-0.39, 0.29) is 0 Å². The minimum absolute atomic E-state index is 0.603. The molecule has 6 rings (SSSR count). The Morgan fingerprint density at radius 3 is 2.27 bits per heavy atom. The standard InChI is InChI=1S/C29H25Cl2N5O/c30-21-10-12-22(13-11-21)36-26(23-8-4-5-9-24(23)31)34-25-27(32-19-33-28(25)36)35-16-14-29(37,15-17-35)18-20-6-2-1-3-7-20/h1-13,19,37H,14-18H2. The van der Waals surface area contributed by atoms with Gasteiger partial charge in [0.15, 0.2) is 17.0 Å². The zero-order valence-corrected chi connectivity index (χ0v) is 21.6. The summed E-state index contributed by atoms with van der Waals surface area (Å²) in [5.41, 5.74) is 3.47. The highest BCUT2D eigenvalue weighted by Crippen LogP contribution is 2.36. The van der Waals surface area contributed by atoms with Gasteiger partial charge >= 0.3 is 0 Å². The number of piperidine rings is 1. The van der Waals surface area contributed by atoms with E-state index in [0.717, 1.165) is 22.6 Å². The Bertz CT molecular complexity index is 1540. The first kappa shape index (κ1) is 23.9. The highest BCUT2D eigenvalue weighted by atomic mass is 35.5. The molecule has 0 aliphatic carbocycles. The van der Waals surface area contributed by atoms with Crippen LogP contribution in [-0.2, 0) is 6.42 Å². The molecule has 6 nitrogen and oxygen atoms in total. The third-order valence-corrected chi connectivity index (χ3v) is 7.58. The first-order valence-electron chi connectivity index (χ1n) is 12.3. The van der Waals surface area contributed by atoms with Crippen molar-refractivity contribution in [3.8, 4) is 17.1 Å². The molecular weight excluding hydrogens is 505 g/mol. The fourth-order valence-corrected chi connectivity index (χ4v) is 5.40. The van der Waals surface area contributed by atoms with E-state index < -0.39 is 5.60 Å². The number of halogens is 2. The second-order valence-electron chi connectivity index (χ2n) is 9.47. The van der Waals surface area contributed by atoms with Crippen LogP contribution >= 0.6 is 23.2 Å². The largest absolute Gasteiger partial charge is 0.389 e. The van der Waals surface area contributed by atoms with Gasteiger partial charge in [-0.25, -0.2) is 15.0 Å². The van der Waals surface area contributed by atoms with Gasteiger partial charge in [-0.3, -0.25) is 4.57 Å². The maximum atomic E-state index is 11.3. The van der Waals surface area contributed by atoms with Gasteiger partial charge in [0.25, 0.3) is 0 Å². The third kappa shape index (κ3) is 4.68. The number of aromatic nitrogens is 4. The fraction of sp³-hybridized carbons (Fsp3) is 0.207. The summed E-state index contributed by atoms with van der Waals surface area (Å²) in [4.78, 5) is 16.5. The van der Waals surface area contributed by atoms with Crippen molar-refractivity contribution in [2.24, 2.45) is 0 Å². The quantitative estimate of drug-likeness (QED) is 0.286. The number of anilines is 1. The molecule has 3 heterocycles. The van der Waals surface area contributed by atoms with Crippen molar-refractivity contribution < 1.29 is 5.11 Å². The molecule has 37 heavy (non-hydrogen) atoms. The maximum absolute atomic E-state index is 11.3. The van der Waals surface area contributed by atoms with E-state index in [0.29, 0.717) is 59.4 Å². The van der Waals surface area contributed by atoms with Gasteiger partial charge in [0.2, 0.25) is 0 Å². The zero-order chi connectivity index (χ0) is 25.4. The molecule has 0 amide bonds. The van der Waals surface area contributed by atoms with E-state index in [1.165, 1.54) is 0 Å². The molecular formula is C29H25Cl2N5O. The van der Waals surface area contributed by atoms with Crippen molar-refractivity contribution in [2.45, 2.75) is 24.9 Å². The van der Waals surface area contributed by atoms with E-state index in [1.54, 1.807) is 6.33 Å². The van der Waals surface area contributed by atoms with Gasteiger partial charge in [0, 0.05) is 35.8 Å². The lowest BCUT2D eigenvalue weighted by Crippen LogP contribution is -2.46. The van der Waals surface area contributed by atoms with Crippen LogP contribution in [0, 0.1) is 0 Å². The number of fused-ring (bicyclic) bond motifs is 1. The van der Waals surface area contributed by atoms with Crippen LogP contribution < -0.4 is 4.90 Å². The van der Waals surface area contributed by atoms with Gasteiger partial charge in [0.05, 0.1) is 10.6 Å². The molecule has 0 bridgehead atoms. The topological polar surface area (TPSA) is 67.1 Å². The Morgan fingerprint density at radius 2 is 1.54 bits per heavy atom. The van der Waals surface area contributed by atoms with Crippen LogP contribution in [0.1, 0.15) is 18.4 Å². The number of rotatable bonds is 5. The third-order valence-electron chi connectivity index (χ3n) is 6.99. The summed E-state index contributed by atoms with van der Waals surface area (Å²) >= 11 is 12.8. The molecule has 1 aliphatic rings. The van der Waals surface area contributed by atoms with E-state index in [4.69, 9.17) is 28.2 Å². The van der Waals surface area contributed by atoms with E-state index in [9.17, 15) is 5.11 Å². The van der Waals surface area contributed by atoms with E-state index >= 15 is 0 Å². The molecule has 1 fully saturated rings. The average molecular weight is 530 g/mol. The molecule has 1 aliphatic heterocycles. The second-order valence-corrected chi connectivity index (χ2v) is 10.3. The Kier molecular flexibility index (Phi) is 6.32. The zero-order valence-electron chi connectivity index (χ0n) is 20.1. The van der Waals surface area contributed by atoms with Crippen molar-refractivity contribution >= 4 is 40.2 Å². The van der Waals surface area contributed by atoms with Crippen molar-refractivity contribution in [3.05, 3.63) is 101 Å². The Labute approximate surface area is 225 Å². The van der Waals surface area contributed by atoms with Crippen molar-refractivity contribution in [1.82, 2.24) is 19.5 Å². The van der Waals surface area contributed by atoms with Gasteiger partial charge in [0.1, 0.15) is 12.2 Å². The van der Waals surface area contributed by atoms with E-state index in [2.05, 4.69) is 27.0 Å². The summed E-state index contributed by atoms with van der Waals surface area (Å²) in [6.07, 6.45) is 3.50. The molecule has 0 atom stereocenters. The highest BCUT2D eigenvalue weighted by molar-refractivity contribution is 6.33. The monoisotopic (exact) mass is 529 g/mol. The van der Waals surface area contributed by atoms with E-state index in [1.807, 2.05) is 71.3 Å². The normalized spacial score (nSPS) is 15.3. The smallest absolute Gasteiger partial charge is 0.170 e. The Balaban J connectivity index is 1.39.